The zero-order valence-electron chi connectivity index (χ0n) is 27.4. The van der Waals surface area contributed by atoms with Crippen LogP contribution in [0.1, 0.15) is 119 Å². The molecule has 42 heavy (non-hydrogen) atoms. The van der Waals surface area contributed by atoms with E-state index in [9.17, 15) is 19.8 Å². The molecule has 8 aliphatic rings. The minimum absolute atomic E-state index is 0.278. The summed E-state index contributed by atoms with van der Waals surface area (Å²) in [5, 5.41) is 21.8. The highest BCUT2D eigenvalue weighted by atomic mass is 16.3. The van der Waals surface area contributed by atoms with Crippen LogP contribution in [-0.2, 0) is 9.59 Å². The van der Waals surface area contributed by atoms with Gasteiger partial charge in [-0.05, 0) is 162 Å². The Balaban J connectivity index is 0.000000137. The van der Waals surface area contributed by atoms with Crippen molar-refractivity contribution in [2.45, 2.75) is 130 Å². The fourth-order valence-corrected chi connectivity index (χ4v) is 14.1. The largest absolute Gasteiger partial charge is 0.390 e. The van der Waals surface area contributed by atoms with E-state index in [4.69, 9.17) is 0 Å². The van der Waals surface area contributed by atoms with E-state index in [2.05, 4.69) is 41.5 Å². The molecule has 236 valence electrons. The third kappa shape index (κ3) is 4.48. The Morgan fingerprint density at radius 2 is 0.929 bits per heavy atom. The van der Waals surface area contributed by atoms with E-state index in [0.717, 1.165) is 86.9 Å². The van der Waals surface area contributed by atoms with Gasteiger partial charge in [0, 0.05) is 23.7 Å². The predicted octanol–water partition coefficient (Wildman–Crippen LogP) is 7.34. The summed E-state index contributed by atoms with van der Waals surface area (Å²) in [5.41, 5.74) is -0.973. The fraction of sp³-hybridized carbons (Fsp3) is 0.947. The van der Waals surface area contributed by atoms with Crippen LogP contribution in [0.4, 0.5) is 0 Å². The van der Waals surface area contributed by atoms with Crippen LogP contribution in [-0.4, -0.2) is 33.0 Å². The molecule has 0 heterocycles. The molecular weight excluding hydrogens is 520 g/mol. The molecule has 8 saturated carbocycles. The number of ketones is 2. The fourth-order valence-electron chi connectivity index (χ4n) is 14.1. The molecule has 0 aromatic rings. The molecule has 0 amide bonds. The summed E-state index contributed by atoms with van der Waals surface area (Å²) in [7, 11) is 0. The summed E-state index contributed by atoms with van der Waals surface area (Å²) in [6.45, 7) is 13.3. The lowest BCUT2D eigenvalue weighted by Crippen LogP contribution is -2.60. The van der Waals surface area contributed by atoms with Gasteiger partial charge in [0.25, 0.3) is 0 Å². The Kier molecular flexibility index (Phi) is 7.41. The number of hydrogen-bond donors (Lipinski definition) is 2. The molecule has 2 N–H and O–H groups in total. The van der Waals surface area contributed by atoms with E-state index in [-0.39, 0.29) is 11.8 Å². The van der Waals surface area contributed by atoms with E-state index in [0.29, 0.717) is 58.9 Å². The predicted molar refractivity (Wildman–Crippen MR) is 165 cm³/mol. The standard InChI is InChI=1S/2C19H30O2/c2*1-10-8-12-9-11(2)18(20)14-4-5-15-17(16(12)14)13(10)6-7-19(15,3)21/h2*10-17,21H,4-9H2,1-3H3/t2*10-,11+,12-,13+,14-,15-,16+,17+,19+/m00/s1. The minimum atomic E-state index is -0.486. The number of carbonyl (C=O) groups is 2. The molecule has 0 aromatic heterocycles. The van der Waals surface area contributed by atoms with Gasteiger partial charge in [0.05, 0.1) is 11.2 Å². The molecule has 0 spiro atoms. The maximum absolute atomic E-state index is 12.7. The first-order valence-electron chi connectivity index (χ1n) is 18.3. The first-order valence-corrected chi connectivity index (χ1v) is 18.3. The van der Waals surface area contributed by atoms with Crippen molar-refractivity contribution in [1.29, 1.82) is 0 Å². The van der Waals surface area contributed by atoms with Crippen molar-refractivity contribution in [1.82, 2.24) is 0 Å². The highest BCUT2D eigenvalue weighted by Crippen LogP contribution is 2.64. The number of hydrogen-bond acceptors (Lipinski definition) is 4. The van der Waals surface area contributed by atoms with Gasteiger partial charge >= 0.3 is 0 Å². The zero-order valence-corrected chi connectivity index (χ0v) is 27.4. The minimum Gasteiger partial charge on any atom is -0.390 e. The van der Waals surface area contributed by atoms with Crippen LogP contribution >= 0.6 is 0 Å². The van der Waals surface area contributed by atoms with Crippen molar-refractivity contribution < 1.29 is 19.8 Å². The van der Waals surface area contributed by atoms with Gasteiger partial charge in [-0.15, -0.1) is 0 Å². The Labute approximate surface area is 255 Å². The van der Waals surface area contributed by atoms with E-state index in [1.807, 2.05) is 0 Å². The molecular formula is C38H60O4. The summed E-state index contributed by atoms with van der Waals surface area (Å²) in [6, 6.07) is 0. The van der Waals surface area contributed by atoms with Crippen LogP contribution in [0.2, 0.25) is 0 Å². The Morgan fingerprint density at radius 1 is 0.548 bits per heavy atom. The highest BCUT2D eigenvalue weighted by Gasteiger charge is 2.61. The van der Waals surface area contributed by atoms with Gasteiger partial charge in [-0.1, -0.05) is 27.7 Å². The van der Waals surface area contributed by atoms with Crippen molar-refractivity contribution in [2.24, 2.45) is 94.7 Å². The molecule has 0 bridgehead atoms. The first kappa shape index (κ1) is 29.9. The molecule has 4 nitrogen and oxygen atoms in total. The van der Waals surface area contributed by atoms with Crippen molar-refractivity contribution in [3.05, 3.63) is 0 Å². The maximum atomic E-state index is 12.7. The summed E-state index contributed by atoms with van der Waals surface area (Å²) < 4.78 is 0. The van der Waals surface area contributed by atoms with Crippen molar-refractivity contribution in [2.75, 3.05) is 0 Å². The van der Waals surface area contributed by atoms with E-state index in [1.165, 1.54) is 25.7 Å². The zero-order chi connectivity index (χ0) is 29.9. The molecule has 8 rings (SSSR count). The Bertz CT molecular complexity index is 993. The van der Waals surface area contributed by atoms with Gasteiger partial charge in [0.15, 0.2) is 0 Å². The Hall–Kier alpha value is -0.740. The van der Waals surface area contributed by atoms with Crippen molar-refractivity contribution in [3.63, 3.8) is 0 Å². The number of rotatable bonds is 0. The third-order valence-corrected chi connectivity index (χ3v) is 15.8. The van der Waals surface area contributed by atoms with Gasteiger partial charge in [-0.25, -0.2) is 0 Å². The quantitative estimate of drug-likeness (QED) is 0.314. The van der Waals surface area contributed by atoms with Crippen LogP contribution in [0.25, 0.3) is 0 Å². The summed E-state index contributed by atoms with van der Waals surface area (Å²) in [6.07, 6.45) is 13.4. The molecule has 8 fully saturated rings. The van der Waals surface area contributed by atoms with Gasteiger partial charge in [0.2, 0.25) is 0 Å². The van der Waals surface area contributed by atoms with E-state index >= 15 is 0 Å². The second kappa shape index (κ2) is 10.4. The molecule has 8 aliphatic carbocycles. The molecule has 18 atom stereocenters. The van der Waals surface area contributed by atoms with Gasteiger partial charge < -0.3 is 10.2 Å². The van der Waals surface area contributed by atoms with Crippen LogP contribution in [0.5, 0.6) is 0 Å². The van der Waals surface area contributed by atoms with Crippen molar-refractivity contribution >= 4 is 11.6 Å². The van der Waals surface area contributed by atoms with E-state index in [1.54, 1.807) is 0 Å². The lowest BCUT2D eigenvalue weighted by Gasteiger charge is -2.62. The average molecular weight is 581 g/mol. The smallest absolute Gasteiger partial charge is 0.139 e. The van der Waals surface area contributed by atoms with Gasteiger partial charge in [-0.3, -0.25) is 9.59 Å². The molecule has 4 heteroatoms. The second-order valence-corrected chi connectivity index (χ2v) is 18.0. The lowest BCUT2D eigenvalue weighted by molar-refractivity contribution is -0.181. The number of carbonyl (C=O) groups excluding carboxylic acids is 2. The van der Waals surface area contributed by atoms with Crippen LogP contribution in [0.3, 0.4) is 0 Å². The molecule has 0 radical (unpaired) electrons. The van der Waals surface area contributed by atoms with Gasteiger partial charge in [-0.2, -0.15) is 0 Å². The average Bonchev–Trinajstić information content (AvgIpc) is 2.93. The third-order valence-electron chi connectivity index (χ3n) is 15.8. The second-order valence-electron chi connectivity index (χ2n) is 18.0. The monoisotopic (exact) mass is 580 g/mol. The van der Waals surface area contributed by atoms with Crippen LogP contribution in [0.15, 0.2) is 0 Å². The van der Waals surface area contributed by atoms with E-state index < -0.39 is 11.2 Å². The molecule has 0 unspecified atom stereocenters. The topological polar surface area (TPSA) is 74.6 Å². The SMILES string of the molecule is C[C@@H]1C[C@@H]2C[C@H](C)[C@H]3CC[C@@](C)(O)[C@H]4CC[C@H](C1=O)[C@@H]2[C@H]34.C[C@@H]1C[C@@H]2C[C@H](C)[C@H]3CC[C@@](C)(O)[C@H]4CC[C@H](C1=O)[C@@H]2[C@H]34. The lowest BCUT2D eigenvalue weighted by atomic mass is 9.43. The number of aliphatic hydroxyl groups is 2. The van der Waals surface area contributed by atoms with Crippen LogP contribution in [0, 0.1) is 94.7 Å². The normalized spacial score (nSPS) is 59.5. The summed E-state index contributed by atoms with van der Waals surface area (Å²) in [4.78, 5) is 25.4. The summed E-state index contributed by atoms with van der Waals surface area (Å²) >= 11 is 0. The Morgan fingerprint density at radius 3 is 1.31 bits per heavy atom. The highest BCUT2D eigenvalue weighted by molar-refractivity contribution is 5.85. The van der Waals surface area contributed by atoms with Crippen molar-refractivity contribution in [3.8, 4) is 0 Å². The molecule has 0 aliphatic heterocycles. The number of Topliss-reactive ketones (excluding diaryl/α,β-unsaturated/α-hetero) is 2. The molecule has 0 aromatic carbocycles. The van der Waals surface area contributed by atoms with Crippen LogP contribution < -0.4 is 0 Å². The summed E-state index contributed by atoms with van der Waals surface area (Å²) in [5.74, 6) is 10.2. The molecule has 0 saturated heterocycles. The van der Waals surface area contributed by atoms with Gasteiger partial charge in [0.1, 0.15) is 11.6 Å². The maximum Gasteiger partial charge on any atom is 0.139 e. The first-order chi connectivity index (χ1) is 19.8.